The summed E-state index contributed by atoms with van der Waals surface area (Å²) in [6.07, 6.45) is 0. The Morgan fingerprint density at radius 1 is 0.418 bits per heavy atom. The maximum absolute atomic E-state index is 9.68. The molecule has 0 atom stereocenters. The summed E-state index contributed by atoms with van der Waals surface area (Å²) in [4.78, 5) is 4.06. The largest absolute Gasteiger partial charge is 0.310 e. The highest BCUT2D eigenvalue weighted by atomic mass is 15.0. The number of nitrogens with zero attached hydrogens (tertiary/aromatic N) is 5. The van der Waals surface area contributed by atoms with Crippen molar-refractivity contribution >= 4 is 71.1 Å². The van der Waals surface area contributed by atoms with Gasteiger partial charge in [0.25, 0.3) is 0 Å². The van der Waals surface area contributed by atoms with E-state index >= 15 is 0 Å². The zero-order valence-corrected chi connectivity index (χ0v) is 29.5. The van der Waals surface area contributed by atoms with Crippen molar-refractivity contribution in [3.63, 3.8) is 0 Å². The van der Waals surface area contributed by atoms with Crippen molar-refractivity contribution in [2.45, 2.75) is 0 Å². The van der Waals surface area contributed by atoms with Crippen LogP contribution in [-0.4, -0.2) is 13.7 Å². The second kappa shape index (κ2) is 11.8. The quantitative estimate of drug-likeness (QED) is 0.169. The molecule has 3 heterocycles. The van der Waals surface area contributed by atoms with Crippen LogP contribution >= 0.6 is 0 Å². The molecule has 0 aliphatic rings. The summed E-state index contributed by atoms with van der Waals surface area (Å²) >= 11 is 0. The number of rotatable bonds is 4. The Morgan fingerprint density at radius 2 is 0.891 bits per heavy atom. The number of hydrogen-bond donors (Lipinski definition) is 0. The van der Waals surface area contributed by atoms with Crippen molar-refractivity contribution in [3.05, 3.63) is 193 Å². The molecule has 0 N–H and O–H groups in total. The van der Waals surface area contributed by atoms with E-state index in [4.69, 9.17) is 6.57 Å². The van der Waals surface area contributed by atoms with Crippen LogP contribution in [0.2, 0.25) is 0 Å². The van der Waals surface area contributed by atoms with Crippen LogP contribution in [0.1, 0.15) is 5.56 Å². The maximum atomic E-state index is 9.68. The van der Waals surface area contributed by atoms with E-state index in [-0.39, 0.29) is 0 Å². The molecule has 3 aromatic heterocycles. The smallest absolute Gasteiger partial charge is 0.196 e. The molecule has 5 nitrogen and oxygen atoms in total. The van der Waals surface area contributed by atoms with Crippen LogP contribution in [0, 0.1) is 17.9 Å². The van der Waals surface area contributed by atoms with E-state index in [0.29, 0.717) is 11.3 Å². The molecule has 0 saturated heterocycles. The molecule has 0 bridgehead atoms. The fraction of sp³-hybridized carbons (Fsp3) is 0. The van der Waals surface area contributed by atoms with Gasteiger partial charge in [0.05, 0.1) is 51.3 Å². The van der Waals surface area contributed by atoms with Crippen molar-refractivity contribution in [2.75, 3.05) is 0 Å². The van der Waals surface area contributed by atoms with Crippen molar-refractivity contribution in [3.8, 4) is 34.3 Å². The van der Waals surface area contributed by atoms with Gasteiger partial charge in [-0.1, -0.05) is 97.1 Å². The third kappa shape index (κ3) is 4.45. The second-order valence-electron chi connectivity index (χ2n) is 13.9. The van der Waals surface area contributed by atoms with Crippen LogP contribution in [0.4, 0.5) is 5.69 Å². The first kappa shape index (κ1) is 30.7. The molecule has 11 aromatic rings. The normalized spacial score (nSPS) is 11.6. The van der Waals surface area contributed by atoms with E-state index in [1.165, 1.54) is 10.8 Å². The predicted molar refractivity (Wildman–Crippen MR) is 226 cm³/mol. The number of hydrogen-bond acceptors (Lipinski definition) is 1. The van der Waals surface area contributed by atoms with Gasteiger partial charge in [-0.05, 0) is 84.4 Å². The van der Waals surface area contributed by atoms with Crippen molar-refractivity contribution < 1.29 is 0 Å². The van der Waals surface area contributed by atoms with E-state index in [9.17, 15) is 5.26 Å². The Morgan fingerprint density at radius 3 is 1.49 bits per heavy atom. The molecule has 0 radical (unpaired) electrons. The Hall–Kier alpha value is -7.86. The van der Waals surface area contributed by atoms with Gasteiger partial charge in [0, 0.05) is 54.9 Å². The SMILES string of the molecule is [C-]#[N+]c1cccc(-n2c3ccccc3c3cc(-n4c5ccccc5c5cc(C#N)ccc54)ccc32)c1-c1ccc(-n2c3ccccc3c3ccccc32)cc1. The van der Waals surface area contributed by atoms with Crippen LogP contribution in [-0.2, 0) is 0 Å². The number of nitriles is 1. The van der Waals surface area contributed by atoms with Gasteiger partial charge in [-0.15, -0.1) is 0 Å². The monoisotopic (exact) mass is 699 g/mol. The van der Waals surface area contributed by atoms with Crippen LogP contribution in [0.3, 0.4) is 0 Å². The van der Waals surface area contributed by atoms with E-state index in [2.05, 4.69) is 176 Å². The van der Waals surface area contributed by atoms with Gasteiger partial charge in [-0.2, -0.15) is 5.26 Å². The van der Waals surface area contributed by atoms with Crippen LogP contribution in [0.25, 0.3) is 98.5 Å². The highest BCUT2D eigenvalue weighted by Gasteiger charge is 2.20. The lowest BCUT2D eigenvalue weighted by molar-refractivity contribution is 1.16. The van der Waals surface area contributed by atoms with E-state index in [1.54, 1.807) is 0 Å². The lowest BCUT2D eigenvalue weighted by Gasteiger charge is -2.17. The molecule has 0 saturated carbocycles. The number of para-hydroxylation sites is 4. The maximum Gasteiger partial charge on any atom is 0.196 e. The molecule has 0 aliphatic carbocycles. The first-order valence-electron chi connectivity index (χ1n) is 18.3. The summed E-state index contributed by atoms with van der Waals surface area (Å²) in [5, 5.41) is 16.6. The van der Waals surface area contributed by atoms with Crippen molar-refractivity contribution in [2.24, 2.45) is 0 Å². The molecule has 0 fully saturated rings. The third-order valence-electron chi connectivity index (χ3n) is 11.1. The summed E-state index contributed by atoms with van der Waals surface area (Å²) < 4.78 is 6.92. The minimum atomic E-state index is 0.603. The number of aromatic nitrogens is 3. The van der Waals surface area contributed by atoms with Gasteiger partial charge >= 0.3 is 0 Å². The Labute approximate surface area is 316 Å². The molecule has 0 unspecified atom stereocenters. The molecule has 8 aromatic carbocycles. The topological polar surface area (TPSA) is 42.9 Å². The van der Waals surface area contributed by atoms with Gasteiger partial charge in [0.15, 0.2) is 5.69 Å². The molecular formula is C50H29N5. The fourth-order valence-electron chi connectivity index (χ4n) is 8.76. The highest BCUT2D eigenvalue weighted by molar-refractivity contribution is 6.13. The van der Waals surface area contributed by atoms with E-state index < -0.39 is 0 Å². The predicted octanol–water partition coefficient (Wildman–Crippen LogP) is 13.1. The number of benzene rings is 8. The molecule has 5 heteroatoms. The zero-order valence-electron chi connectivity index (χ0n) is 29.5. The first-order valence-corrected chi connectivity index (χ1v) is 18.3. The standard InChI is InChI=1S/C50H29N5/c1-52-42-15-10-20-49(50(42)33-22-24-34(25-23-33)53-43-16-6-2-11-36(43)37-12-3-7-17-44(37)53)55-46-19-9-5-14-39(46)41-30-35(26-28-48(41)55)54-45-18-8-4-13-38(45)40-29-32(31-51)21-27-47(40)54/h2-30H. The second-order valence-corrected chi connectivity index (χ2v) is 13.9. The van der Waals surface area contributed by atoms with Crippen LogP contribution < -0.4 is 0 Å². The third-order valence-corrected chi connectivity index (χ3v) is 11.1. The summed E-state index contributed by atoms with van der Waals surface area (Å²) in [5.74, 6) is 0. The van der Waals surface area contributed by atoms with Gasteiger partial charge < -0.3 is 13.7 Å². The molecule has 254 valence electrons. The Balaban J connectivity index is 1.11. The molecule has 0 spiro atoms. The lowest BCUT2D eigenvalue weighted by Crippen LogP contribution is -1.99. The fourth-order valence-corrected chi connectivity index (χ4v) is 8.76. The average Bonchev–Trinajstić information content (AvgIpc) is 3.88. The van der Waals surface area contributed by atoms with Gasteiger partial charge in [0.1, 0.15) is 0 Å². The van der Waals surface area contributed by atoms with Crippen molar-refractivity contribution in [1.29, 1.82) is 5.26 Å². The Kier molecular flexibility index (Phi) is 6.61. The summed E-state index contributed by atoms with van der Waals surface area (Å²) in [7, 11) is 0. The minimum Gasteiger partial charge on any atom is -0.310 e. The first-order chi connectivity index (χ1) is 27.2. The molecule has 0 aliphatic heterocycles. The summed E-state index contributed by atoms with van der Waals surface area (Å²) in [6, 6.07) is 63.6. The van der Waals surface area contributed by atoms with E-state index in [0.717, 1.165) is 82.8 Å². The summed E-state index contributed by atoms with van der Waals surface area (Å²) in [5.41, 5.74) is 12.8. The van der Waals surface area contributed by atoms with Gasteiger partial charge in [-0.25, -0.2) is 4.85 Å². The molecule has 11 rings (SSSR count). The summed E-state index contributed by atoms with van der Waals surface area (Å²) in [6.45, 7) is 8.28. The van der Waals surface area contributed by atoms with Crippen molar-refractivity contribution in [1.82, 2.24) is 13.7 Å². The lowest BCUT2D eigenvalue weighted by atomic mass is 10.0. The van der Waals surface area contributed by atoms with E-state index in [1.807, 2.05) is 24.3 Å². The molecule has 55 heavy (non-hydrogen) atoms. The van der Waals surface area contributed by atoms with Gasteiger partial charge in [0.2, 0.25) is 0 Å². The number of fused-ring (bicyclic) bond motifs is 9. The highest BCUT2D eigenvalue weighted by Crippen LogP contribution is 2.42. The minimum absolute atomic E-state index is 0.603. The molecular weight excluding hydrogens is 671 g/mol. The van der Waals surface area contributed by atoms with Crippen LogP contribution in [0.15, 0.2) is 176 Å². The van der Waals surface area contributed by atoms with Crippen LogP contribution in [0.5, 0.6) is 0 Å². The Bertz CT molecular complexity index is 3400. The zero-order chi connectivity index (χ0) is 36.6. The van der Waals surface area contributed by atoms with Gasteiger partial charge in [-0.3, -0.25) is 0 Å². The average molecular weight is 700 g/mol. The molecule has 0 amide bonds.